The summed E-state index contributed by atoms with van der Waals surface area (Å²) in [5, 5.41) is 32.2. The normalized spacial score (nSPS) is 19.3. The lowest BCUT2D eigenvalue weighted by Gasteiger charge is -2.27. The number of carboxylic acid groups (broad SMARTS) is 1. The quantitative estimate of drug-likeness (QED) is 0.108. The molecule has 0 unspecified atom stereocenters. The Hall–Kier alpha value is -2.77. The molecule has 4 amide bonds. The summed E-state index contributed by atoms with van der Waals surface area (Å²) in [6.45, 7) is 7.61. The zero-order valence-electron chi connectivity index (χ0n) is 22.2. The summed E-state index contributed by atoms with van der Waals surface area (Å²) in [6.07, 6.45) is 1.72. The minimum atomic E-state index is -1.55. The second kappa shape index (κ2) is 16.2. The van der Waals surface area contributed by atoms with Crippen molar-refractivity contribution in [1.82, 2.24) is 26.6 Å². The maximum Gasteiger partial charge on any atom is 0.328 e. The van der Waals surface area contributed by atoms with Crippen LogP contribution in [0.2, 0.25) is 0 Å². The summed E-state index contributed by atoms with van der Waals surface area (Å²) in [5.41, 5.74) is 5.53. The lowest BCUT2D eigenvalue weighted by Crippen LogP contribution is -2.59. The van der Waals surface area contributed by atoms with Crippen molar-refractivity contribution < 1.29 is 34.2 Å². The molecule has 6 atom stereocenters. The number of carboxylic acids is 1. The average Bonchev–Trinajstić information content (AvgIpc) is 3.35. The molecule has 37 heavy (non-hydrogen) atoms. The second-order valence-electron chi connectivity index (χ2n) is 9.98. The highest BCUT2D eigenvalue weighted by Crippen LogP contribution is 2.09. The van der Waals surface area contributed by atoms with E-state index in [4.69, 9.17) is 5.73 Å². The van der Waals surface area contributed by atoms with E-state index in [9.17, 15) is 34.2 Å². The predicted molar refractivity (Wildman–Crippen MR) is 136 cm³/mol. The third kappa shape index (κ3) is 11.4. The highest BCUT2D eigenvalue weighted by atomic mass is 16.4. The van der Waals surface area contributed by atoms with Crippen LogP contribution in [-0.4, -0.2) is 89.2 Å². The SMILES string of the molecule is CC(C)C[C@H](NC(=O)[C@H](C)NC(=O)[C@@H]1CCCN1)C(=O)N[C@@H](CCCCN)C(=O)N[C@H](C(=O)O)[C@@H](C)O. The molecule has 0 aromatic heterocycles. The molecule has 1 aliphatic rings. The average molecular weight is 529 g/mol. The maximum absolute atomic E-state index is 13.2. The Balaban J connectivity index is 2.91. The van der Waals surface area contributed by atoms with Crippen molar-refractivity contribution in [2.75, 3.05) is 13.1 Å². The Kier molecular flexibility index (Phi) is 14.1. The van der Waals surface area contributed by atoms with Crippen LogP contribution in [0.1, 0.15) is 66.2 Å². The molecule has 9 N–H and O–H groups in total. The highest BCUT2D eigenvalue weighted by molar-refractivity contribution is 5.95. The van der Waals surface area contributed by atoms with Gasteiger partial charge in [0.2, 0.25) is 23.6 Å². The van der Waals surface area contributed by atoms with Crippen LogP contribution in [0.5, 0.6) is 0 Å². The summed E-state index contributed by atoms with van der Waals surface area (Å²) in [6, 6.07) is -4.88. The fourth-order valence-electron chi connectivity index (χ4n) is 3.96. The van der Waals surface area contributed by atoms with Gasteiger partial charge < -0.3 is 42.5 Å². The number of carbonyl (C=O) groups excluding carboxylic acids is 4. The molecule has 13 heteroatoms. The first kappa shape index (κ1) is 32.3. The molecule has 212 valence electrons. The Bertz CT molecular complexity index is 786. The first-order chi connectivity index (χ1) is 17.4. The maximum atomic E-state index is 13.2. The van der Waals surface area contributed by atoms with Gasteiger partial charge in [0.05, 0.1) is 12.1 Å². The Morgan fingerprint density at radius 1 is 0.919 bits per heavy atom. The summed E-state index contributed by atoms with van der Waals surface area (Å²) in [7, 11) is 0. The van der Waals surface area contributed by atoms with Crippen LogP contribution >= 0.6 is 0 Å². The van der Waals surface area contributed by atoms with Gasteiger partial charge in [0, 0.05) is 0 Å². The molecule has 0 spiro atoms. The smallest absolute Gasteiger partial charge is 0.328 e. The van der Waals surface area contributed by atoms with Crippen LogP contribution in [0.15, 0.2) is 0 Å². The Morgan fingerprint density at radius 2 is 1.54 bits per heavy atom. The molecular weight excluding hydrogens is 484 g/mol. The van der Waals surface area contributed by atoms with Crippen LogP contribution in [0.25, 0.3) is 0 Å². The summed E-state index contributed by atoms with van der Waals surface area (Å²) >= 11 is 0. The number of carbonyl (C=O) groups is 5. The van der Waals surface area contributed by atoms with Gasteiger partial charge in [-0.05, 0) is 71.4 Å². The van der Waals surface area contributed by atoms with E-state index in [1.165, 1.54) is 13.8 Å². The van der Waals surface area contributed by atoms with E-state index in [1.807, 2.05) is 13.8 Å². The Labute approximate surface area is 218 Å². The number of aliphatic hydroxyl groups is 1. The molecule has 1 fully saturated rings. The first-order valence-corrected chi connectivity index (χ1v) is 12.9. The molecule has 0 bridgehead atoms. The third-order valence-electron chi connectivity index (χ3n) is 6.10. The number of hydrogen-bond acceptors (Lipinski definition) is 8. The second-order valence-corrected chi connectivity index (χ2v) is 9.98. The molecule has 1 saturated heterocycles. The van der Waals surface area contributed by atoms with Crippen LogP contribution in [-0.2, 0) is 24.0 Å². The minimum absolute atomic E-state index is 0.0137. The largest absolute Gasteiger partial charge is 0.480 e. The minimum Gasteiger partial charge on any atom is -0.480 e. The van der Waals surface area contributed by atoms with E-state index in [0.717, 1.165) is 13.0 Å². The van der Waals surface area contributed by atoms with Crippen molar-refractivity contribution in [1.29, 1.82) is 0 Å². The van der Waals surface area contributed by atoms with Gasteiger partial charge >= 0.3 is 5.97 Å². The highest BCUT2D eigenvalue weighted by Gasteiger charge is 2.32. The van der Waals surface area contributed by atoms with Gasteiger partial charge in [-0.25, -0.2) is 4.79 Å². The molecule has 0 radical (unpaired) electrons. The van der Waals surface area contributed by atoms with Gasteiger partial charge in [-0.15, -0.1) is 0 Å². The number of hydrogen-bond donors (Lipinski definition) is 8. The van der Waals surface area contributed by atoms with Gasteiger partial charge in [0.15, 0.2) is 6.04 Å². The molecule has 1 aliphatic heterocycles. The van der Waals surface area contributed by atoms with Crippen LogP contribution in [0, 0.1) is 5.92 Å². The molecule has 1 heterocycles. The van der Waals surface area contributed by atoms with Gasteiger partial charge in [-0.2, -0.15) is 0 Å². The Morgan fingerprint density at radius 3 is 2.05 bits per heavy atom. The van der Waals surface area contributed by atoms with Crippen LogP contribution in [0.4, 0.5) is 0 Å². The molecule has 0 aromatic rings. The third-order valence-corrected chi connectivity index (χ3v) is 6.10. The summed E-state index contributed by atoms with van der Waals surface area (Å²) < 4.78 is 0. The van der Waals surface area contributed by atoms with Crippen molar-refractivity contribution in [2.45, 2.75) is 103 Å². The lowest BCUT2D eigenvalue weighted by molar-refractivity contribution is -0.145. The number of unbranched alkanes of at least 4 members (excludes halogenated alkanes) is 1. The molecular formula is C24H44N6O7. The summed E-state index contributed by atoms with van der Waals surface area (Å²) in [4.78, 5) is 62.6. The number of aliphatic carboxylic acids is 1. The zero-order valence-corrected chi connectivity index (χ0v) is 22.2. The van der Waals surface area contributed by atoms with E-state index >= 15 is 0 Å². The number of nitrogens with one attached hydrogen (secondary N) is 5. The van der Waals surface area contributed by atoms with Gasteiger partial charge in [-0.1, -0.05) is 13.8 Å². The van der Waals surface area contributed by atoms with E-state index in [0.29, 0.717) is 25.8 Å². The van der Waals surface area contributed by atoms with E-state index in [1.54, 1.807) is 0 Å². The molecule has 0 aromatic carbocycles. The topological polar surface area (TPSA) is 212 Å². The van der Waals surface area contributed by atoms with E-state index < -0.39 is 54.0 Å². The molecule has 13 nitrogen and oxygen atoms in total. The zero-order chi connectivity index (χ0) is 28.1. The summed E-state index contributed by atoms with van der Waals surface area (Å²) in [5.74, 6) is -3.61. The van der Waals surface area contributed by atoms with Crippen molar-refractivity contribution in [3.8, 4) is 0 Å². The fourth-order valence-corrected chi connectivity index (χ4v) is 3.96. The first-order valence-electron chi connectivity index (χ1n) is 12.9. The van der Waals surface area contributed by atoms with Crippen molar-refractivity contribution >= 4 is 29.6 Å². The van der Waals surface area contributed by atoms with Crippen LogP contribution in [0.3, 0.4) is 0 Å². The standard InChI is InChI=1S/C24H44N6O7/c1-13(2)12-18(29-20(32)14(3)27-21(33)16-9-7-11-26-16)23(35)28-17(8-5-6-10-25)22(34)30-19(15(4)31)24(36)37/h13-19,26,31H,5-12,25H2,1-4H3,(H,27,33)(H,28,35)(H,29,32)(H,30,34)(H,36,37)/t14-,15+,16-,17-,18-,19-/m0/s1. The van der Waals surface area contributed by atoms with E-state index in [2.05, 4.69) is 26.6 Å². The molecule has 0 saturated carbocycles. The number of aliphatic hydroxyl groups excluding tert-OH is 1. The molecule has 0 aliphatic carbocycles. The van der Waals surface area contributed by atoms with Crippen LogP contribution < -0.4 is 32.3 Å². The molecule has 1 rings (SSSR count). The number of amides is 4. The van der Waals surface area contributed by atoms with Gasteiger partial charge in [-0.3, -0.25) is 19.2 Å². The van der Waals surface area contributed by atoms with Crippen molar-refractivity contribution in [3.63, 3.8) is 0 Å². The van der Waals surface area contributed by atoms with Crippen molar-refractivity contribution in [3.05, 3.63) is 0 Å². The number of nitrogens with two attached hydrogens (primary N) is 1. The van der Waals surface area contributed by atoms with Gasteiger partial charge in [0.1, 0.15) is 18.1 Å². The predicted octanol–water partition coefficient (Wildman–Crippen LogP) is -1.66. The fraction of sp³-hybridized carbons (Fsp3) is 0.792. The van der Waals surface area contributed by atoms with Crippen molar-refractivity contribution in [2.24, 2.45) is 11.7 Å². The van der Waals surface area contributed by atoms with Gasteiger partial charge in [0.25, 0.3) is 0 Å². The number of rotatable bonds is 16. The lowest BCUT2D eigenvalue weighted by atomic mass is 10.0. The van der Waals surface area contributed by atoms with E-state index in [-0.39, 0.29) is 30.7 Å². The monoisotopic (exact) mass is 528 g/mol.